The van der Waals surface area contributed by atoms with Gasteiger partial charge in [0, 0.05) is 47.5 Å². The zero-order valence-electron chi connectivity index (χ0n) is 20.8. The van der Waals surface area contributed by atoms with Crippen LogP contribution in [-0.4, -0.2) is 14.1 Å². The molecule has 170 valence electrons. The van der Waals surface area contributed by atoms with Crippen LogP contribution in [0, 0.1) is 0 Å². The van der Waals surface area contributed by atoms with Crippen LogP contribution >= 0.6 is 0 Å². The Labute approximate surface area is 200 Å². The van der Waals surface area contributed by atoms with Crippen LogP contribution in [-0.2, 0) is 14.1 Å². The van der Waals surface area contributed by atoms with Gasteiger partial charge in [-0.15, -0.1) is 0 Å². The molecule has 0 amide bonds. The number of imidazole rings is 1. The highest BCUT2D eigenvalue weighted by molar-refractivity contribution is 6.25. The van der Waals surface area contributed by atoms with E-state index >= 15 is 0 Å². The van der Waals surface area contributed by atoms with E-state index in [-0.39, 0.29) is 0 Å². The largest absolute Gasteiger partial charge is 0.351 e. The zero-order valence-corrected chi connectivity index (χ0v) is 20.8. The molecule has 0 spiro atoms. The topological polar surface area (TPSA) is 22.8 Å². The number of fused-ring (bicyclic) bond motifs is 7. The van der Waals surface area contributed by atoms with E-state index in [4.69, 9.17) is 4.98 Å². The van der Waals surface area contributed by atoms with Gasteiger partial charge in [0.2, 0.25) is 0 Å². The summed E-state index contributed by atoms with van der Waals surface area (Å²) in [5, 5.41) is 6.31. The first-order chi connectivity index (χ1) is 16.4. The molecular weight excluding hydrogens is 414 g/mol. The Morgan fingerprint density at radius 3 is 2.06 bits per heavy atom. The Bertz CT molecular complexity index is 1700. The molecule has 2 heterocycles. The van der Waals surface area contributed by atoms with Crippen LogP contribution in [0.25, 0.3) is 54.9 Å². The van der Waals surface area contributed by atoms with Crippen LogP contribution in [0.15, 0.2) is 66.9 Å². The highest BCUT2D eigenvalue weighted by Crippen LogP contribution is 2.41. The van der Waals surface area contributed by atoms with Crippen molar-refractivity contribution in [2.45, 2.75) is 39.5 Å². The maximum Gasteiger partial charge on any atom is 0.141 e. The van der Waals surface area contributed by atoms with E-state index in [1.54, 1.807) is 0 Å². The van der Waals surface area contributed by atoms with Gasteiger partial charge in [-0.3, -0.25) is 0 Å². The summed E-state index contributed by atoms with van der Waals surface area (Å²) >= 11 is 0. The molecule has 0 aliphatic heterocycles. The van der Waals surface area contributed by atoms with Crippen molar-refractivity contribution >= 4 is 43.5 Å². The van der Waals surface area contributed by atoms with E-state index in [1.807, 2.05) is 0 Å². The van der Waals surface area contributed by atoms with Gasteiger partial charge in [-0.1, -0.05) is 70.2 Å². The Kier molecular flexibility index (Phi) is 4.60. The lowest BCUT2D eigenvalue weighted by molar-refractivity contribution is 0.828. The third-order valence-corrected chi connectivity index (χ3v) is 7.44. The maximum absolute atomic E-state index is 5.39. The second kappa shape index (κ2) is 7.46. The van der Waals surface area contributed by atoms with Crippen molar-refractivity contribution < 1.29 is 0 Å². The predicted octanol–water partition coefficient (Wildman–Crippen LogP) is 8.29. The van der Waals surface area contributed by atoms with Crippen LogP contribution in [0.1, 0.15) is 50.7 Å². The van der Waals surface area contributed by atoms with E-state index in [9.17, 15) is 0 Å². The maximum atomic E-state index is 5.39. The molecule has 34 heavy (non-hydrogen) atoms. The van der Waals surface area contributed by atoms with Crippen LogP contribution in [0.5, 0.6) is 0 Å². The summed E-state index contributed by atoms with van der Waals surface area (Å²) < 4.78 is 4.55. The van der Waals surface area contributed by atoms with E-state index in [0.717, 1.165) is 11.3 Å². The molecule has 6 aromatic rings. The van der Waals surface area contributed by atoms with Crippen molar-refractivity contribution in [3.8, 4) is 11.4 Å². The highest BCUT2D eigenvalue weighted by Gasteiger charge is 2.23. The van der Waals surface area contributed by atoms with Crippen LogP contribution in [0.3, 0.4) is 0 Å². The second-order valence-electron chi connectivity index (χ2n) is 10.2. The molecule has 3 nitrogen and oxygen atoms in total. The number of benzene rings is 4. The second-order valence-corrected chi connectivity index (χ2v) is 10.2. The van der Waals surface area contributed by atoms with Gasteiger partial charge in [-0.2, -0.15) is 0 Å². The molecule has 0 radical (unpaired) electrons. The van der Waals surface area contributed by atoms with Crippen molar-refractivity contribution in [3.63, 3.8) is 0 Å². The Morgan fingerprint density at radius 2 is 1.38 bits per heavy atom. The standard InChI is InChI=1S/C31H31N3/c1-18(2)21-12-9-13-22(19(3)4)28(21)31-32-29-24-11-8-7-10-23(24)25-16-20-14-15-33(5)27(20)17-26(25)30(29)34(31)6/h7-19H,1-6H3. The average molecular weight is 446 g/mol. The quantitative estimate of drug-likeness (QED) is 0.251. The third-order valence-electron chi connectivity index (χ3n) is 7.44. The summed E-state index contributed by atoms with van der Waals surface area (Å²) in [6.45, 7) is 9.12. The van der Waals surface area contributed by atoms with E-state index < -0.39 is 0 Å². The monoisotopic (exact) mass is 445 g/mol. The summed E-state index contributed by atoms with van der Waals surface area (Å²) in [6.07, 6.45) is 2.14. The molecule has 0 atom stereocenters. The highest BCUT2D eigenvalue weighted by atomic mass is 15.1. The van der Waals surface area contributed by atoms with Gasteiger partial charge in [-0.25, -0.2) is 4.98 Å². The van der Waals surface area contributed by atoms with E-state index in [2.05, 4.69) is 118 Å². The summed E-state index contributed by atoms with van der Waals surface area (Å²) in [5.74, 6) is 1.91. The van der Waals surface area contributed by atoms with Gasteiger partial charge in [0.15, 0.2) is 0 Å². The predicted molar refractivity (Wildman–Crippen MR) is 146 cm³/mol. The molecule has 0 N–H and O–H groups in total. The molecule has 0 bridgehead atoms. The summed E-state index contributed by atoms with van der Waals surface area (Å²) in [5.41, 5.74) is 7.56. The minimum atomic E-state index is 0.421. The normalized spacial score (nSPS) is 12.4. The van der Waals surface area contributed by atoms with Crippen molar-refractivity contribution in [1.82, 2.24) is 14.1 Å². The Morgan fingerprint density at radius 1 is 0.706 bits per heavy atom. The number of hydrogen-bond donors (Lipinski definition) is 0. The summed E-state index contributed by atoms with van der Waals surface area (Å²) in [7, 11) is 4.31. The number of hydrogen-bond acceptors (Lipinski definition) is 1. The van der Waals surface area contributed by atoms with Crippen LogP contribution in [0.2, 0.25) is 0 Å². The Hall–Kier alpha value is -3.59. The lowest BCUT2D eigenvalue weighted by atomic mass is 9.88. The third kappa shape index (κ3) is 2.86. The minimum absolute atomic E-state index is 0.421. The van der Waals surface area contributed by atoms with Gasteiger partial charge in [-0.05, 0) is 51.9 Å². The smallest absolute Gasteiger partial charge is 0.141 e. The number of nitrogens with zero attached hydrogens (tertiary/aromatic N) is 3. The van der Waals surface area contributed by atoms with Gasteiger partial charge in [0.1, 0.15) is 5.82 Å². The van der Waals surface area contributed by atoms with Crippen LogP contribution in [0.4, 0.5) is 0 Å². The minimum Gasteiger partial charge on any atom is -0.351 e. The fourth-order valence-electron chi connectivity index (χ4n) is 5.69. The molecule has 4 aromatic carbocycles. The van der Waals surface area contributed by atoms with Gasteiger partial charge < -0.3 is 9.13 Å². The van der Waals surface area contributed by atoms with Crippen molar-refractivity contribution in [1.29, 1.82) is 0 Å². The fourth-order valence-corrected chi connectivity index (χ4v) is 5.69. The van der Waals surface area contributed by atoms with Gasteiger partial charge in [0.05, 0.1) is 11.0 Å². The molecule has 3 heteroatoms. The number of rotatable bonds is 3. The average Bonchev–Trinajstić information content (AvgIpc) is 3.37. The molecular formula is C31H31N3. The molecule has 0 saturated carbocycles. The summed E-state index contributed by atoms with van der Waals surface area (Å²) in [4.78, 5) is 5.39. The SMILES string of the molecule is CC(C)c1cccc(C(C)C)c1-c1nc2c3ccccc3c3cc4ccn(C)c4cc3c2n1C. The molecule has 0 aliphatic rings. The first kappa shape index (κ1) is 21.0. The van der Waals surface area contributed by atoms with Crippen LogP contribution < -0.4 is 0 Å². The molecule has 0 unspecified atom stereocenters. The van der Waals surface area contributed by atoms with E-state index in [1.165, 1.54) is 54.7 Å². The van der Waals surface area contributed by atoms with Crippen molar-refractivity contribution in [2.75, 3.05) is 0 Å². The van der Waals surface area contributed by atoms with Gasteiger partial charge in [0.25, 0.3) is 0 Å². The van der Waals surface area contributed by atoms with Gasteiger partial charge >= 0.3 is 0 Å². The zero-order chi connectivity index (χ0) is 23.7. The molecule has 0 saturated heterocycles. The number of aromatic nitrogens is 3. The fraction of sp³-hybridized carbons (Fsp3) is 0.258. The molecule has 6 rings (SSSR count). The van der Waals surface area contributed by atoms with E-state index in [0.29, 0.717) is 11.8 Å². The lowest BCUT2D eigenvalue weighted by Gasteiger charge is -2.19. The first-order valence-electron chi connectivity index (χ1n) is 12.3. The lowest BCUT2D eigenvalue weighted by Crippen LogP contribution is -2.04. The first-order valence-corrected chi connectivity index (χ1v) is 12.3. The molecule has 0 fully saturated rings. The van der Waals surface area contributed by atoms with Crippen molar-refractivity contribution in [2.24, 2.45) is 14.1 Å². The molecule has 0 aliphatic carbocycles. The number of aryl methyl sites for hydroxylation is 2. The molecule has 2 aromatic heterocycles. The summed E-state index contributed by atoms with van der Waals surface area (Å²) in [6, 6.07) is 22.4. The van der Waals surface area contributed by atoms with Crippen molar-refractivity contribution in [3.05, 3.63) is 78.0 Å². The Balaban J connectivity index is 1.83.